The minimum absolute atomic E-state index is 0.111. The Bertz CT molecular complexity index is 1400. The van der Waals surface area contributed by atoms with Gasteiger partial charge in [-0.15, -0.1) is 0 Å². The van der Waals surface area contributed by atoms with Crippen molar-refractivity contribution in [1.29, 1.82) is 0 Å². The normalized spacial score (nSPS) is 18.1. The number of fused-ring (bicyclic) bond motifs is 5. The lowest BCUT2D eigenvalue weighted by atomic mass is 9.85. The summed E-state index contributed by atoms with van der Waals surface area (Å²) < 4.78 is 12.6. The van der Waals surface area contributed by atoms with Crippen molar-refractivity contribution in [3.63, 3.8) is 0 Å². The van der Waals surface area contributed by atoms with Crippen molar-refractivity contribution in [2.45, 2.75) is 51.9 Å². The second-order valence-electron chi connectivity index (χ2n) is 8.61. The summed E-state index contributed by atoms with van der Waals surface area (Å²) in [4.78, 5) is 43.7. The number of rotatable bonds is 5. The van der Waals surface area contributed by atoms with Gasteiger partial charge in [-0.25, -0.2) is 14.6 Å². The highest BCUT2D eigenvalue weighted by atomic mass is 16.6. The molecule has 1 unspecified atom stereocenters. The largest absolute Gasteiger partial charge is 0.508 e. The summed E-state index contributed by atoms with van der Waals surface area (Å²) in [5, 5.41) is 13.2. The van der Waals surface area contributed by atoms with Gasteiger partial charge in [0.05, 0.1) is 29.0 Å². The molecule has 9 nitrogen and oxygen atoms in total. The molecule has 1 amide bonds. The molecule has 0 saturated carbocycles. The highest BCUT2D eigenvalue weighted by Crippen LogP contribution is 2.41. The second kappa shape index (κ2) is 8.16. The van der Waals surface area contributed by atoms with E-state index in [2.05, 4.69) is 5.32 Å². The first kappa shape index (κ1) is 21.9. The Morgan fingerprint density at radius 1 is 1.26 bits per heavy atom. The maximum Gasteiger partial charge on any atom is 0.408 e. The SMILES string of the molecule is CCCCNC(=O)OC1(CC)C(=O)OCc2c1cc1n(c2=O)Cc2cc3cc(O)ccc3nc2-1. The molecule has 0 saturated heterocycles. The number of phenols is 1. The number of nitrogens with zero attached hydrogens (tertiary/aromatic N) is 2. The molecule has 5 rings (SSSR count). The molecule has 34 heavy (non-hydrogen) atoms. The summed E-state index contributed by atoms with van der Waals surface area (Å²) >= 11 is 0. The molecule has 1 atom stereocenters. The Kier molecular flexibility index (Phi) is 5.27. The predicted octanol–water partition coefficient (Wildman–Crippen LogP) is 3.32. The number of nitrogens with one attached hydrogen (secondary N) is 1. The number of hydrogen-bond acceptors (Lipinski definition) is 7. The lowest BCUT2D eigenvalue weighted by Gasteiger charge is -2.35. The zero-order valence-corrected chi connectivity index (χ0v) is 19.0. The molecule has 2 aliphatic rings. The number of carbonyl (C=O) groups is 2. The van der Waals surface area contributed by atoms with Crippen molar-refractivity contribution in [2.75, 3.05) is 6.54 Å². The van der Waals surface area contributed by atoms with Gasteiger partial charge in [0.1, 0.15) is 12.4 Å². The van der Waals surface area contributed by atoms with Crippen LogP contribution in [0.5, 0.6) is 5.75 Å². The van der Waals surface area contributed by atoms with Gasteiger partial charge in [-0.1, -0.05) is 20.3 Å². The van der Waals surface area contributed by atoms with E-state index in [-0.39, 0.29) is 24.3 Å². The van der Waals surface area contributed by atoms with Crippen LogP contribution in [0, 0.1) is 0 Å². The van der Waals surface area contributed by atoms with Crippen molar-refractivity contribution in [3.05, 3.63) is 57.4 Å². The number of amides is 1. The van der Waals surface area contributed by atoms with Gasteiger partial charge < -0.3 is 24.5 Å². The van der Waals surface area contributed by atoms with Gasteiger partial charge in [-0.3, -0.25) is 4.79 Å². The molecule has 0 radical (unpaired) electrons. The number of alkyl carbamates (subject to hydrolysis) is 1. The Morgan fingerprint density at radius 3 is 2.85 bits per heavy atom. The Hall–Kier alpha value is -3.88. The Morgan fingerprint density at radius 2 is 2.09 bits per heavy atom. The second-order valence-corrected chi connectivity index (χ2v) is 8.61. The van der Waals surface area contributed by atoms with Gasteiger partial charge in [0.2, 0.25) is 5.60 Å². The topological polar surface area (TPSA) is 120 Å². The minimum Gasteiger partial charge on any atom is -0.508 e. The summed E-state index contributed by atoms with van der Waals surface area (Å²) in [6.45, 7) is 4.26. The summed E-state index contributed by atoms with van der Waals surface area (Å²) in [5.74, 6) is -0.562. The van der Waals surface area contributed by atoms with Gasteiger partial charge in [0.15, 0.2) is 0 Å². The van der Waals surface area contributed by atoms with Crippen LogP contribution in [0.4, 0.5) is 4.79 Å². The van der Waals surface area contributed by atoms with Crippen LogP contribution in [0.3, 0.4) is 0 Å². The van der Waals surface area contributed by atoms with Crippen molar-refractivity contribution in [1.82, 2.24) is 14.9 Å². The van der Waals surface area contributed by atoms with Crippen LogP contribution in [0.25, 0.3) is 22.3 Å². The molecular weight excluding hydrogens is 438 g/mol. The molecule has 0 aliphatic carbocycles. The number of benzene rings is 1. The van der Waals surface area contributed by atoms with Crippen LogP contribution in [-0.4, -0.2) is 33.3 Å². The molecule has 0 spiro atoms. The fraction of sp³-hybridized carbons (Fsp3) is 0.360. The summed E-state index contributed by atoms with van der Waals surface area (Å²) in [6, 6.07) is 8.51. The highest BCUT2D eigenvalue weighted by Gasteiger charge is 2.50. The van der Waals surface area contributed by atoms with Gasteiger partial charge in [-0.2, -0.15) is 0 Å². The highest BCUT2D eigenvalue weighted by molar-refractivity contribution is 5.88. The first-order valence-corrected chi connectivity index (χ1v) is 11.4. The Balaban J connectivity index is 1.64. The Labute approximate surface area is 195 Å². The van der Waals surface area contributed by atoms with E-state index in [9.17, 15) is 19.5 Å². The van der Waals surface area contributed by atoms with E-state index < -0.39 is 17.7 Å². The van der Waals surface area contributed by atoms with Crippen LogP contribution < -0.4 is 10.9 Å². The summed E-state index contributed by atoms with van der Waals surface area (Å²) in [5.41, 5.74) is 1.27. The van der Waals surface area contributed by atoms with Crippen molar-refractivity contribution in [2.24, 2.45) is 0 Å². The summed E-state index contributed by atoms with van der Waals surface area (Å²) in [6.07, 6.45) is 1.05. The number of carbonyl (C=O) groups excluding carboxylic acids is 2. The first-order valence-electron chi connectivity index (χ1n) is 11.4. The van der Waals surface area contributed by atoms with Crippen LogP contribution in [0.2, 0.25) is 0 Å². The van der Waals surface area contributed by atoms with Gasteiger partial charge >= 0.3 is 12.1 Å². The van der Waals surface area contributed by atoms with E-state index >= 15 is 0 Å². The zero-order chi connectivity index (χ0) is 24.0. The van der Waals surface area contributed by atoms with Crippen molar-refractivity contribution < 1.29 is 24.2 Å². The molecule has 2 N–H and O–H groups in total. The first-order chi connectivity index (χ1) is 16.4. The van der Waals surface area contributed by atoms with E-state index in [1.165, 1.54) is 0 Å². The maximum atomic E-state index is 13.5. The molecule has 0 bridgehead atoms. The van der Waals surface area contributed by atoms with Crippen LogP contribution in [0.1, 0.15) is 49.8 Å². The summed E-state index contributed by atoms with van der Waals surface area (Å²) in [7, 11) is 0. The van der Waals surface area contributed by atoms with Gasteiger partial charge in [-0.05, 0) is 43.2 Å². The fourth-order valence-corrected chi connectivity index (χ4v) is 4.69. The van der Waals surface area contributed by atoms with Gasteiger partial charge in [0.25, 0.3) is 5.56 Å². The number of hydrogen-bond donors (Lipinski definition) is 2. The van der Waals surface area contributed by atoms with E-state index in [0.29, 0.717) is 41.1 Å². The monoisotopic (exact) mass is 463 g/mol. The maximum absolute atomic E-state index is 13.5. The number of ether oxygens (including phenoxy) is 2. The lowest BCUT2D eigenvalue weighted by Crippen LogP contribution is -2.49. The number of phenolic OH excluding ortho intramolecular Hbond substituents is 1. The predicted molar refractivity (Wildman–Crippen MR) is 123 cm³/mol. The fourth-order valence-electron chi connectivity index (χ4n) is 4.69. The van der Waals surface area contributed by atoms with E-state index in [1.54, 1.807) is 35.8 Å². The molecule has 4 heterocycles. The van der Waals surface area contributed by atoms with Crippen LogP contribution >= 0.6 is 0 Å². The number of unbranched alkanes of at least 4 members (excludes halogenated alkanes) is 1. The number of pyridine rings is 2. The van der Waals surface area contributed by atoms with Crippen molar-refractivity contribution >= 4 is 23.0 Å². The molecular formula is C25H25N3O6. The molecule has 3 aromatic rings. The zero-order valence-electron chi connectivity index (χ0n) is 19.0. The third-order valence-electron chi connectivity index (χ3n) is 6.53. The number of aromatic hydroxyl groups is 1. The molecule has 176 valence electrons. The molecule has 9 heteroatoms. The van der Waals surface area contributed by atoms with Crippen molar-refractivity contribution in [3.8, 4) is 17.1 Å². The van der Waals surface area contributed by atoms with E-state index in [4.69, 9.17) is 14.5 Å². The lowest BCUT2D eigenvalue weighted by molar-refractivity contribution is -0.172. The van der Waals surface area contributed by atoms with Gasteiger partial charge in [0, 0.05) is 23.1 Å². The number of esters is 1. The average Bonchev–Trinajstić information content (AvgIpc) is 3.17. The van der Waals surface area contributed by atoms with E-state index in [0.717, 1.165) is 23.8 Å². The number of cyclic esters (lactones) is 1. The molecule has 2 aromatic heterocycles. The smallest absolute Gasteiger partial charge is 0.408 e. The van der Waals surface area contributed by atoms with E-state index in [1.807, 2.05) is 13.0 Å². The number of aromatic nitrogens is 2. The van der Waals surface area contributed by atoms with Crippen LogP contribution in [-0.2, 0) is 33.0 Å². The molecule has 1 aromatic carbocycles. The van der Waals surface area contributed by atoms with Crippen LogP contribution in [0.15, 0.2) is 35.1 Å². The standard InChI is InChI=1S/C25H25N3O6/c1-3-5-8-26-24(32)34-25(4-2)18-11-20-21-15(9-14-10-16(29)6-7-19(14)27-21)12-28(20)22(30)17(18)13-33-23(25)31/h6-7,9-11,29H,3-5,8,12-13H2,1-2H3,(H,26,32). The minimum atomic E-state index is -1.72. The average molecular weight is 463 g/mol. The third-order valence-corrected chi connectivity index (χ3v) is 6.53. The molecule has 0 fully saturated rings. The third kappa shape index (κ3) is 3.30. The molecule has 2 aliphatic heterocycles. The quantitative estimate of drug-likeness (QED) is 0.344.